The summed E-state index contributed by atoms with van der Waals surface area (Å²) in [7, 11) is -1.31. The number of hydrogen-bond donors (Lipinski definition) is 0. The van der Waals surface area contributed by atoms with Crippen LogP contribution in [0.3, 0.4) is 0 Å². The molecule has 0 saturated heterocycles. The fourth-order valence-electron chi connectivity index (χ4n) is 2.68. The molecule has 0 heterocycles. The second-order valence-electron chi connectivity index (χ2n) is 5.84. The van der Waals surface area contributed by atoms with Crippen molar-refractivity contribution < 1.29 is 22.8 Å². The third-order valence-electron chi connectivity index (χ3n) is 4.20. The average Bonchev–Trinajstić information content (AvgIpc) is 2.71. The molecule has 6 nitrogen and oxygen atoms in total. The minimum absolute atomic E-state index is 0.0496. The van der Waals surface area contributed by atoms with Gasteiger partial charge in [-0.15, -0.1) is 0 Å². The van der Waals surface area contributed by atoms with Crippen LogP contribution in [0.25, 0.3) is 10.8 Å². The molecular weight excluding hydrogens is 366 g/mol. The first-order chi connectivity index (χ1) is 12.9. The molecule has 0 aromatic heterocycles. The number of ether oxygens (including phenoxy) is 1. The number of hydrogen-bond acceptors (Lipinski definition) is 5. The predicted octanol–water partition coefficient (Wildman–Crippen LogP) is 3.38. The van der Waals surface area contributed by atoms with Crippen LogP contribution in [-0.4, -0.2) is 33.0 Å². The van der Waals surface area contributed by atoms with Gasteiger partial charge in [-0.05, 0) is 34.5 Å². The van der Waals surface area contributed by atoms with Crippen molar-refractivity contribution >= 4 is 26.8 Å². The Morgan fingerprint density at radius 2 is 1.70 bits per heavy atom. The fraction of sp³-hybridized carbons (Fsp3) is 0.150. The molecule has 140 valence electrons. The Morgan fingerprint density at radius 1 is 1.00 bits per heavy atom. The number of fused-ring (bicyclic) bond motifs is 1. The molecule has 3 aromatic rings. The van der Waals surface area contributed by atoms with Crippen LogP contribution in [-0.2, 0) is 26.2 Å². The van der Waals surface area contributed by atoms with Crippen molar-refractivity contribution in [3.8, 4) is 0 Å². The molecule has 0 amide bonds. The number of nitrogens with zero attached hydrogens (tertiary/aromatic N) is 1. The van der Waals surface area contributed by atoms with E-state index in [0.717, 1.165) is 20.8 Å². The van der Waals surface area contributed by atoms with Gasteiger partial charge in [0, 0.05) is 7.05 Å². The zero-order valence-electron chi connectivity index (χ0n) is 15.0. The molecule has 0 N–H and O–H groups in total. The van der Waals surface area contributed by atoms with Gasteiger partial charge < -0.3 is 4.74 Å². The minimum Gasteiger partial charge on any atom is -0.457 e. The second kappa shape index (κ2) is 7.87. The van der Waals surface area contributed by atoms with Gasteiger partial charge in [0.1, 0.15) is 6.61 Å². The maximum Gasteiger partial charge on any atom is 0.338 e. The van der Waals surface area contributed by atoms with E-state index in [1.54, 1.807) is 0 Å². The molecule has 27 heavy (non-hydrogen) atoms. The zero-order chi connectivity index (χ0) is 19.4. The number of carbonyl (C=O) groups excluding carboxylic acids is 1. The number of carbonyl (C=O) groups is 1. The number of hydroxylamine groups is 1. The lowest BCUT2D eigenvalue weighted by Gasteiger charge is -2.14. The van der Waals surface area contributed by atoms with Crippen LogP contribution in [0.15, 0.2) is 71.6 Å². The summed E-state index contributed by atoms with van der Waals surface area (Å²) in [5, 5.41) is 2.06. The van der Waals surface area contributed by atoms with Gasteiger partial charge in [-0.25, -0.2) is 13.2 Å². The Kier molecular flexibility index (Phi) is 5.55. The first-order valence-electron chi connectivity index (χ1n) is 8.20. The van der Waals surface area contributed by atoms with Gasteiger partial charge in [-0.1, -0.05) is 53.0 Å². The molecule has 0 unspecified atom stereocenters. The third kappa shape index (κ3) is 4.00. The summed E-state index contributed by atoms with van der Waals surface area (Å²) in [4.78, 5) is 17.1. The quantitative estimate of drug-likeness (QED) is 0.480. The summed E-state index contributed by atoms with van der Waals surface area (Å²) in [6, 6.07) is 19.3. The number of benzene rings is 3. The van der Waals surface area contributed by atoms with E-state index in [4.69, 9.17) is 9.57 Å². The van der Waals surface area contributed by atoms with Crippen LogP contribution in [0.1, 0.15) is 15.9 Å². The summed E-state index contributed by atoms with van der Waals surface area (Å²) in [5.74, 6) is -0.597. The van der Waals surface area contributed by atoms with Gasteiger partial charge in [0.05, 0.1) is 17.6 Å². The Labute approximate surface area is 157 Å². The van der Waals surface area contributed by atoms with Crippen LogP contribution >= 0.6 is 0 Å². The average molecular weight is 385 g/mol. The van der Waals surface area contributed by atoms with Crippen LogP contribution in [0.5, 0.6) is 0 Å². The smallest absolute Gasteiger partial charge is 0.338 e. The molecule has 3 rings (SSSR count). The molecule has 0 radical (unpaired) electrons. The second-order valence-corrected chi connectivity index (χ2v) is 7.78. The molecule has 0 aliphatic carbocycles. The molecule has 0 atom stereocenters. The third-order valence-corrected chi connectivity index (χ3v) is 5.88. The lowest BCUT2D eigenvalue weighted by atomic mass is 10.1. The maximum atomic E-state index is 12.4. The zero-order valence-corrected chi connectivity index (χ0v) is 15.8. The summed E-state index contributed by atoms with van der Waals surface area (Å²) in [6.45, 7) is 0.0924. The van der Waals surface area contributed by atoms with Crippen LogP contribution in [0, 0.1) is 0 Å². The van der Waals surface area contributed by atoms with E-state index in [2.05, 4.69) is 0 Å². The summed E-state index contributed by atoms with van der Waals surface area (Å²) in [5.41, 5.74) is 1.03. The van der Waals surface area contributed by atoms with Gasteiger partial charge >= 0.3 is 5.97 Å². The highest BCUT2D eigenvalue weighted by molar-refractivity contribution is 7.89. The van der Waals surface area contributed by atoms with Gasteiger partial charge in [0.2, 0.25) is 0 Å². The van der Waals surface area contributed by atoms with E-state index in [9.17, 15) is 13.2 Å². The SMILES string of the molecule is CON(C)S(=O)(=O)c1cccc(C(=O)OCc2cccc3ccccc23)c1. The lowest BCUT2D eigenvalue weighted by molar-refractivity contribution is -0.0258. The van der Waals surface area contributed by atoms with Crippen LogP contribution in [0.4, 0.5) is 0 Å². The van der Waals surface area contributed by atoms with Crippen molar-refractivity contribution in [3.63, 3.8) is 0 Å². The van der Waals surface area contributed by atoms with Crippen molar-refractivity contribution in [2.24, 2.45) is 0 Å². The molecule has 0 fully saturated rings. The van der Waals surface area contributed by atoms with Crippen molar-refractivity contribution in [1.82, 2.24) is 4.47 Å². The van der Waals surface area contributed by atoms with E-state index in [-0.39, 0.29) is 17.1 Å². The largest absolute Gasteiger partial charge is 0.457 e. The summed E-state index contributed by atoms with van der Waals surface area (Å²) in [6.07, 6.45) is 0. The first kappa shape index (κ1) is 19.0. The van der Waals surface area contributed by atoms with E-state index in [0.29, 0.717) is 0 Å². The van der Waals surface area contributed by atoms with Crippen molar-refractivity contribution in [2.75, 3.05) is 14.2 Å². The molecular formula is C20H19NO5S. The van der Waals surface area contributed by atoms with Crippen LogP contribution in [0.2, 0.25) is 0 Å². The molecule has 0 bridgehead atoms. The van der Waals surface area contributed by atoms with Gasteiger partial charge in [0.15, 0.2) is 0 Å². The van der Waals surface area contributed by atoms with E-state index >= 15 is 0 Å². The molecule has 3 aromatic carbocycles. The van der Waals surface area contributed by atoms with Crippen molar-refractivity contribution in [3.05, 3.63) is 77.9 Å². The standard InChI is InChI=1S/C20H19NO5S/c1-21(25-2)27(23,24)18-11-6-9-16(13-18)20(22)26-14-17-10-5-8-15-7-3-4-12-19(15)17/h3-13H,14H2,1-2H3. The van der Waals surface area contributed by atoms with Crippen LogP contribution < -0.4 is 0 Å². The minimum atomic E-state index is -3.84. The highest BCUT2D eigenvalue weighted by atomic mass is 32.2. The normalized spacial score (nSPS) is 11.7. The van der Waals surface area contributed by atoms with E-state index < -0.39 is 16.0 Å². The molecule has 0 saturated carbocycles. The highest BCUT2D eigenvalue weighted by Gasteiger charge is 2.22. The Bertz CT molecular complexity index is 1070. The van der Waals surface area contributed by atoms with Gasteiger partial charge in [0.25, 0.3) is 10.0 Å². The summed E-state index contributed by atoms with van der Waals surface area (Å²) < 4.78 is 30.8. The number of rotatable bonds is 6. The Hall–Kier alpha value is -2.74. The monoisotopic (exact) mass is 385 g/mol. The molecule has 0 aliphatic rings. The Morgan fingerprint density at radius 3 is 2.48 bits per heavy atom. The van der Waals surface area contributed by atoms with Gasteiger partial charge in [-0.3, -0.25) is 4.84 Å². The van der Waals surface area contributed by atoms with E-state index in [1.165, 1.54) is 38.4 Å². The van der Waals surface area contributed by atoms with Gasteiger partial charge in [-0.2, -0.15) is 0 Å². The van der Waals surface area contributed by atoms with E-state index in [1.807, 2.05) is 42.5 Å². The van der Waals surface area contributed by atoms with Crippen molar-refractivity contribution in [1.29, 1.82) is 0 Å². The molecule has 0 spiro atoms. The Balaban J connectivity index is 1.80. The number of sulfonamides is 1. The predicted molar refractivity (Wildman–Crippen MR) is 101 cm³/mol. The fourth-order valence-corrected chi connectivity index (χ4v) is 3.69. The summed E-state index contributed by atoms with van der Waals surface area (Å²) >= 11 is 0. The first-order valence-corrected chi connectivity index (χ1v) is 9.64. The molecule has 0 aliphatic heterocycles. The van der Waals surface area contributed by atoms with Crippen molar-refractivity contribution in [2.45, 2.75) is 11.5 Å². The topological polar surface area (TPSA) is 72.9 Å². The lowest BCUT2D eigenvalue weighted by Crippen LogP contribution is -2.25. The molecule has 7 heteroatoms. The maximum absolute atomic E-state index is 12.4. The number of esters is 1. The highest BCUT2D eigenvalue weighted by Crippen LogP contribution is 2.20.